The van der Waals surface area contributed by atoms with Gasteiger partial charge in [0.1, 0.15) is 11.4 Å². The Kier molecular flexibility index (Phi) is 7.36. The first-order chi connectivity index (χ1) is 10.7. The average Bonchev–Trinajstić information content (AvgIpc) is 2.46. The molecule has 1 amide bonds. The summed E-state index contributed by atoms with van der Waals surface area (Å²) in [5.41, 5.74) is 0.630. The van der Waals surface area contributed by atoms with Crippen LogP contribution in [0.2, 0.25) is 0 Å². The number of phenols is 1. The predicted octanol–water partition coefficient (Wildman–Crippen LogP) is 3.74. The molecule has 130 valence electrons. The van der Waals surface area contributed by atoms with Crippen molar-refractivity contribution in [2.24, 2.45) is 0 Å². The first kappa shape index (κ1) is 19.3. The maximum absolute atomic E-state index is 11.9. The number of benzene rings is 1. The van der Waals surface area contributed by atoms with Crippen molar-refractivity contribution >= 4 is 6.09 Å². The maximum Gasteiger partial charge on any atom is 0.407 e. The van der Waals surface area contributed by atoms with Crippen molar-refractivity contribution in [1.82, 2.24) is 10.6 Å². The van der Waals surface area contributed by atoms with Crippen LogP contribution in [0.25, 0.3) is 0 Å². The van der Waals surface area contributed by atoms with E-state index < -0.39 is 5.60 Å². The van der Waals surface area contributed by atoms with Gasteiger partial charge in [-0.1, -0.05) is 26.0 Å². The molecule has 5 heteroatoms. The first-order valence-corrected chi connectivity index (χ1v) is 8.27. The zero-order chi connectivity index (χ0) is 17.5. The van der Waals surface area contributed by atoms with Crippen LogP contribution in [-0.2, 0) is 4.74 Å². The molecule has 1 aromatic carbocycles. The second kappa shape index (κ2) is 8.77. The number of nitrogens with one attached hydrogen (secondary N) is 2. The predicted molar refractivity (Wildman–Crippen MR) is 92.6 cm³/mol. The van der Waals surface area contributed by atoms with E-state index in [0.29, 0.717) is 6.54 Å². The van der Waals surface area contributed by atoms with Crippen LogP contribution < -0.4 is 10.6 Å². The Balaban J connectivity index is 2.54. The molecule has 0 aliphatic rings. The number of phenolic OH excluding ortho intramolecular Hbond substituents is 1. The monoisotopic (exact) mass is 322 g/mol. The van der Waals surface area contributed by atoms with Crippen molar-refractivity contribution < 1.29 is 14.6 Å². The standard InChI is InChI=1S/C18H30N2O3/c1-6-14(20-17(22)23-18(3,4)5)12-19-16(7-2)13-8-10-15(21)11-9-13/h8-11,14,16,19,21H,6-7,12H2,1-5H3,(H,20,22). The van der Waals surface area contributed by atoms with Gasteiger partial charge in [0, 0.05) is 18.6 Å². The number of rotatable bonds is 7. The molecule has 0 saturated carbocycles. The Hall–Kier alpha value is -1.75. The maximum atomic E-state index is 11.9. The fourth-order valence-electron chi connectivity index (χ4n) is 2.26. The number of aromatic hydroxyl groups is 1. The van der Waals surface area contributed by atoms with Gasteiger partial charge in [-0.05, 0) is 51.3 Å². The normalized spacial score (nSPS) is 14.1. The summed E-state index contributed by atoms with van der Waals surface area (Å²) in [7, 11) is 0. The van der Waals surface area contributed by atoms with Gasteiger partial charge in [-0.25, -0.2) is 4.79 Å². The average molecular weight is 322 g/mol. The third kappa shape index (κ3) is 7.37. The molecule has 1 aromatic rings. The topological polar surface area (TPSA) is 70.6 Å². The van der Waals surface area contributed by atoms with Crippen LogP contribution in [0.3, 0.4) is 0 Å². The zero-order valence-corrected chi connectivity index (χ0v) is 14.8. The first-order valence-electron chi connectivity index (χ1n) is 8.27. The molecule has 23 heavy (non-hydrogen) atoms. The highest BCUT2D eigenvalue weighted by molar-refractivity contribution is 5.68. The molecule has 0 radical (unpaired) electrons. The van der Waals surface area contributed by atoms with Crippen LogP contribution in [0.15, 0.2) is 24.3 Å². The van der Waals surface area contributed by atoms with E-state index >= 15 is 0 Å². The number of alkyl carbamates (subject to hydrolysis) is 1. The highest BCUT2D eigenvalue weighted by atomic mass is 16.6. The van der Waals surface area contributed by atoms with Crippen molar-refractivity contribution in [3.8, 4) is 5.75 Å². The minimum Gasteiger partial charge on any atom is -0.508 e. The largest absolute Gasteiger partial charge is 0.508 e. The summed E-state index contributed by atoms with van der Waals surface area (Å²) in [6, 6.07) is 7.41. The van der Waals surface area contributed by atoms with Gasteiger partial charge in [0.15, 0.2) is 0 Å². The molecular formula is C18H30N2O3. The summed E-state index contributed by atoms with van der Waals surface area (Å²) in [6.45, 7) is 10.4. The third-order valence-corrected chi connectivity index (χ3v) is 3.53. The van der Waals surface area contributed by atoms with E-state index in [1.807, 2.05) is 39.8 Å². The number of ether oxygens (including phenoxy) is 1. The van der Waals surface area contributed by atoms with Crippen LogP contribution in [0.4, 0.5) is 4.79 Å². The van der Waals surface area contributed by atoms with E-state index in [4.69, 9.17) is 4.74 Å². The third-order valence-electron chi connectivity index (χ3n) is 3.53. The van der Waals surface area contributed by atoms with E-state index in [9.17, 15) is 9.90 Å². The lowest BCUT2D eigenvalue weighted by Crippen LogP contribution is -2.44. The summed E-state index contributed by atoms with van der Waals surface area (Å²) in [5.74, 6) is 0.265. The van der Waals surface area contributed by atoms with E-state index in [2.05, 4.69) is 17.6 Å². The highest BCUT2D eigenvalue weighted by Crippen LogP contribution is 2.19. The summed E-state index contributed by atoms with van der Waals surface area (Å²) in [5, 5.41) is 15.7. The molecule has 0 bridgehead atoms. The number of carbonyl (C=O) groups excluding carboxylic acids is 1. The lowest BCUT2D eigenvalue weighted by atomic mass is 10.0. The summed E-state index contributed by atoms with van der Waals surface area (Å²) in [6.07, 6.45) is 1.36. The van der Waals surface area contributed by atoms with Crippen LogP contribution in [-0.4, -0.2) is 29.4 Å². The molecule has 5 nitrogen and oxygen atoms in total. The van der Waals surface area contributed by atoms with Crippen molar-refractivity contribution in [3.63, 3.8) is 0 Å². The lowest BCUT2D eigenvalue weighted by molar-refractivity contribution is 0.0502. The van der Waals surface area contributed by atoms with Gasteiger partial charge in [-0.3, -0.25) is 0 Å². The Morgan fingerprint density at radius 1 is 1.17 bits per heavy atom. The Labute approximate surface area is 139 Å². The molecule has 0 heterocycles. The molecule has 0 spiro atoms. The Morgan fingerprint density at radius 3 is 2.26 bits per heavy atom. The number of hydrogen-bond acceptors (Lipinski definition) is 4. The van der Waals surface area contributed by atoms with Crippen molar-refractivity contribution in [1.29, 1.82) is 0 Å². The molecule has 0 aliphatic carbocycles. The van der Waals surface area contributed by atoms with Crippen LogP contribution in [0.1, 0.15) is 59.1 Å². The van der Waals surface area contributed by atoms with Gasteiger partial charge in [-0.15, -0.1) is 0 Å². The second-order valence-electron chi connectivity index (χ2n) is 6.71. The molecule has 0 aliphatic heterocycles. The molecule has 2 unspecified atom stereocenters. The van der Waals surface area contributed by atoms with Crippen molar-refractivity contribution in [2.45, 2.75) is 65.1 Å². The Bertz CT molecular complexity index is 480. The Morgan fingerprint density at radius 2 is 1.78 bits per heavy atom. The smallest absolute Gasteiger partial charge is 0.407 e. The van der Waals surface area contributed by atoms with Crippen LogP contribution >= 0.6 is 0 Å². The fraction of sp³-hybridized carbons (Fsp3) is 0.611. The van der Waals surface area contributed by atoms with Gasteiger partial charge in [0.05, 0.1) is 0 Å². The van der Waals surface area contributed by atoms with Crippen molar-refractivity contribution in [2.75, 3.05) is 6.54 Å². The number of hydrogen-bond donors (Lipinski definition) is 3. The quantitative estimate of drug-likeness (QED) is 0.715. The molecule has 3 N–H and O–H groups in total. The number of carbonyl (C=O) groups is 1. The van der Waals surface area contributed by atoms with Crippen LogP contribution in [0.5, 0.6) is 5.75 Å². The molecular weight excluding hydrogens is 292 g/mol. The fourth-order valence-corrected chi connectivity index (χ4v) is 2.26. The molecule has 2 atom stereocenters. The van der Waals surface area contributed by atoms with Crippen molar-refractivity contribution in [3.05, 3.63) is 29.8 Å². The van der Waals surface area contributed by atoms with E-state index in [1.54, 1.807) is 12.1 Å². The summed E-state index contributed by atoms with van der Waals surface area (Å²) >= 11 is 0. The van der Waals surface area contributed by atoms with E-state index in [0.717, 1.165) is 18.4 Å². The van der Waals surface area contributed by atoms with E-state index in [1.165, 1.54) is 0 Å². The molecule has 0 fully saturated rings. The summed E-state index contributed by atoms with van der Waals surface area (Å²) < 4.78 is 5.30. The SMILES string of the molecule is CCC(CNC(CC)c1ccc(O)cc1)NC(=O)OC(C)(C)C. The highest BCUT2D eigenvalue weighted by Gasteiger charge is 2.19. The van der Waals surface area contributed by atoms with E-state index in [-0.39, 0.29) is 23.9 Å². The van der Waals surface area contributed by atoms with Gasteiger partial charge >= 0.3 is 6.09 Å². The molecule has 0 saturated heterocycles. The minimum atomic E-state index is -0.492. The van der Waals surface area contributed by atoms with Gasteiger partial charge in [0.2, 0.25) is 0 Å². The molecule has 1 rings (SSSR count). The van der Waals surface area contributed by atoms with Gasteiger partial charge in [0.25, 0.3) is 0 Å². The minimum absolute atomic E-state index is 0.0102. The van der Waals surface area contributed by atoms with Gasteiger partial charge in [-0.2, -0.15) is 0 Å². The molecule has 0 aromatic heterocycles. The van der Waals surface area contributed by atoms with Crippen LogP contribution in [0, 0.1) is 0 Å². The number of amides is 1. The zero-order valence-electron chi connectivity index (χ0n) is 14.8. The lowest BCUT2D eigenvalue weighted by Gasteiger charge is -2.25. The summed E-state index contributed by atoms with van der Waals surface area (Å²) in [4.78, 5) is 11.9. The second-order valence-corrected chi connectivity index (χ2v) is 6.71. The van der Waals surface area contributed by atoms with Gasteiger partial charge < -0.3 is 20.5 Å².